The number of anilines is 1. The van der Waals surface area contributed by atoms with E-state index in [0.29, 0.717) is 23.6 Å². The molecule has 2 aromatic rings. The van der Waals surface area contributed by atoms with Gasteiger partial charge in [-0.05, 0) is 20.8 Å². The third-order valence-electron chi connectivity index (χ3n) is 4.00. The smallest absolute Gasteiger partial charge is 0.323 e. The minimum atomic E-state index is -1.48. The minimum absolute atomic E-state index is 0.0729. The van der Waals surface area contributed by atoms with Crippen LogP contribution in [0.1, 0.15) is 20.8 Å². The van der Waals surface area contributed by atoms with Gasteiger partial charge in [-0.3, -0.25) is 19.3 Å². The quantitative estimate of drug-likeness (QED) is 0.136. The highest BCUT2D eigenvalue weighted by atomic mass is 31.2. The van der Waals surface area contributed by atoms with Gasteiger partial charge < -0.3 is 29.2 Å². The zero-order valence-electron chi connectivity index (χ0n) is 19.1. The van der Waals surface area contributed by atoms with Gasteiger partial charge in [0.25, 0.3) is 0 Å². The first-order valence-electron chi connectivity index (χ1n) is 10.2. The predicted octanol–water partition coefficient (Wildman–Crippen LogP) is 0.329. The van der Waals surface area contributed by atoms with Gasteiger partial charge in [0.05, 0.1) is 33.3 Å². The summed E-state index contributed by atoms with van der Waals surface area (Å²) < 4.78 is 28.0. The van der Waals surface area contributed by atoms with Crippen molar-refractivity contribution >= 4 is 37.4 Å². The number of nitrogens with two attached hydrogens (primary N) is 1. The molecule has 0 saturated carbocycles. The normalized spacial score (nSPS) is 13.0. The lowest BCUT2D eigenvalue weighted by Crippen LogP contribution is -2.35. The molecule has 2 unspecified atom stereocenters. The highest BCUT2D eigenvalue weighted by molar-refractivity contribution is 7.50. The molecule has 2 rings (SSSR count). The Morgan fingerprint density at radius 2 is 2.00 bits per heavy atom. The Morgan fingerprint density at radius 3 is 2.70 bits per heavy atom. The molecule has 33 heavy (non-hydrogen) atoms. The van der Waals surface area contributed by atoms with Crippen LogP contribution >= 0.6 is 8.30 Å². The molecule has 15 heteroatoms. The average Bonchev–Trinajstić information content (AvgIpc) is 3.18. The molecule has 0 aliphatic heterocycles. The molecule has 0 aromatic carbocycles. The molecule has 0 aliphatic rings. The van der Waals surface area contributed by atoms with Crippen LogP contribution in [-0.4, -0.2) is 77.3 Å². The number of fused-ring (bicyclic) bond motifs is 1. The van der Waals surface area contributed by atoms with Gasteiger partial charge in [-0.2, -0.15) is 15.4 Å². The maximum absolute atomic E-state index is 11.9. The van der Waals surface area contributed by atoms with E-state index in [1.807, 2.05) is 0 Å². The third-order valence-corrected chi connectivity index (χ3v) is 5.44. The summed E-state index contributed by atoms with van der Waals surface area (Å²) >= 11 is 0. The molecule has 0 spiro atoms. The Balaban J connectivity index is 1.91. The summed E-state index contributed by atoms with van der Waals surface area (Å²) in [5.74, 6) is -0.520. The first kappa shape index (κ1) is 26.6. The van der Waals surface area contributed by atoms with Crippen molar-refractivity contribution in [3.8, 4) is 5.88 Å². The summed E-state index contributed by atoms with van der Waals surface area (Å²) in [4.78, 5) is 35.9. The molecule has 0 aliphatic carbocycles. The number of hydroxylamine groups is 1. The molecule has 0 amide bonds. The number of imidazole rings is 1. The van der Waals surface area contributed by atoms with Gasteiger partial charge in [-0.25, -0.2) is 4.98 Å². The standard InChI is InChI=1S/C18H30N7O7P/c1-5-30-13(26)9-21-32-33(24-12(3)17(27)31-6-2)11-29-8-7-25-10-20-14-15(25)22-18(19)23-16(14)28-4/h10,12,21,24H,5-9,11H2,1-4H3,(H2,19,22,23). The van der Waals surface area contributed by atoms with E-state index in [1.165, 1.54) is 7.11 Å². The van der Waals surface area contributed by atoms with E-state index in [-0.39, 0.29) is 38.7 Å². The number of carbonyl (C=O) groups is 2. The average molecular weight is 487 g/mol. The third kappa shape index (κ3) is 8.33. The Kier molecular flexibility index (Phi) is 11.1. The second kappa shape index (κ2) is 13.8. The molecule has 2 atom stereocenters. The van der Waals surface area contributed by atoms with E-state index in [1.54, 1.807) is 31.7 Å². The number of carbonyl (C=O) groups excluding carboxylic acids is 2. The molecular weight excluding hydrogens is 457 g/mol. The number of rotatable bonds is 15. The molecule has 0 fully saturated rings. The lowest BCUT2D eigenvalue weighted by atomic mass is 10.4. The zero-order chi connectivity index (χ0) is 24.2. The van der Waals surface area contributed by atoms with E-state index in [9.17, 15) is 9.59 Å². The van der Waals surface area contributed by atoms with Crippen molar-refractivity contribution in [3.05, 3.63) is 6.33 Å². The fraction of sp³-hybridized carbons (Fsp3) is 0.611. The lowest BCUT2D eigenvalue weighted by Gasteiger charge is -2.21. The molecular formula is C18H30N7O7P. The topological polar surface area (TPSA) is 174 Å². The van der Waals surface area contributed by atoms with Gasteiger partial charge in [0, 0.05) is 6.54 Å². The summed E-state index contributed by atoms with van der Waals surface area (Å²) in [7, 11) is -0.00414. The number of nitrogens with zero attached hydrogens (tertiary/aromatic N) is 4. The van der Waals surface area contributed by atoms with Crippen molar-refractivity contribution in [2.24, 2.45) is 0 Å². The molecule has 0 radical (unpaired) electrons. The fourth-order valence-corrected chi connectivity index (χ4v) is 3.79. The Hall–Kier alpha value is -2.64. The molecule has 0 saturated heterocycles. The summed E-state index contributed by atoms with van der Waals surface area (Å²) in [6, 6.07) is -0.631. The van der Waals surface area contributed by atoms with Crippen LogP contribution < -0.4 is 21.0 Å². The van der Waals surface area contributed by atoms with Crippen LogP contribution in [0.2, 0.25) is 0 Å². The van der Waals surface area contributed by atoms with Crippen LogP contribution in [0.15, 0.2) is 6.33 Å². The van der Waals surface area contributed by atoms with E-state index >= 15 is 0 Å². The molecule has 2 heterocycles. The van der Waals surface area contributed by atoms with Gasteiger partial charge in [-0.1, -0.05) is 0 Å². The van der Waals surface area contributed by atoms with Gasteiger partial charge in [0.1, 0.15) is 18.9 Å². The summed E-state index contributed by atoms with van der Waals surface area (Å²) in [5.41, 5.74) is 9.28. The maximum Gasteiger partial charge on any atom is 0.323 e. The Morgan fingerprint density at radius 1 is 1.24 bits per heavy atom. The highest BCUT2D eigenvalue weighted by Crippen LogP contribution is 2.31. The summed E-state index contributed by atoms with van der Waals surface area (Å²) in [6.07, 6.45) is 1.72. The number of nitrogen functional groups attached to an aromatic ring is 1. The Labute approximate surface area is 192 Å². The number of methoxy groups -OCH3 is 1. The van der Waals surface area contributed by atoms with Crippen molar-refractivity contribution < 1.29 is 33.2 Å². The van der Waals surface area contributed by atoms with Crippen molar-refractivity contribution in [1.29, 1.82) is 0 Å². The van der Waals surface area contributed by atoms with Crippen LogP contribution in [0.3, 0.4) is 0 Å². The second-order valence-corrected chi connectivity index (χ2v) is 7.89. The van der Waals surface area contributed by atoms with Crippen molar-refractivity contribution in [3.63, 3.8) is 0 Å². The van der Waals surface area contributed by atoms with Crippen molar-refractivity contribution in [2.75, 3.05) is 45.6 Å². The number of ether oxygens (including phenoxy) is 4. The number of hydrogen-bond donors (Lipinski definition) is 3. The Bertz CT molecular complexity index is 914. The van der Waals surface area contributed by atoms with E-state index in [2.05, 4.69) is 25.5 Å². The highest BCUT2D eigenvalue weighted by Gasteiger charge is 2.21. The van der Waals surface area contributed by atoms with Gasteiger partial charge >= 0.3 is 11.9 Å². The number of nitrogens with one attached hydrogen (secondary N) is 2. The van der Waals surface area contributed by atoms with Gasteiger partial charge in [0.15, 0.2) is 19.5 Å². The summed E-state index contributed by atoms with van der Waals surface area (Å²) in [6.45, 7) is 6.17. The second-order valence-electron chi connectivity index (χ2n) is 6.44. The van der Waals surface area contributed by atoms with Crippen LogP contribution in [0.5, 0.6) is 5.88 Å². The zero-order valence-corrected chi connectivity index (χ0v) is 20.0. The maximum atomic E-state index is 11.9. The minimum Gasteiger partial charge on any atom is -0.479 e. The van der Waals surface area contributed by atoms with Crippen LogP contribution in [0.25, 0.3) is 11.2 Å². The van der Waals surface area contributed by atoms with E-state index in [0.717, 1.165) is 0 Å². The SMILES string of the molecule is CCOC(=O)CNOP(COCCn1cnc2c(OC)nc(N)nc21)NC(C)C(=O)OCC. The monoisotopic (exact) mass is 487 g/mol. The summed E-state index contributed by atoms with van der Waals surface area (Å²) in [5, 5.41) is 3.01. The van der Waals surface area contributed by atoms with Gasteiger partial charge in [0.2, 0.25) is 11.8 Å². The molecule has 0 bridgehead atoms. The van der Waals surface area contributed by atoms with Crippen LogP contribution in [0.4, 0.5) is 5.95 Å². The number of aromatic nitrogens is 4. The molecule has 4 N–H and O–H groups in total. The van der Waals surface area contributed by atoms with E-state index < -0.39 is 26.3 Å². The lowest BCUT2D eigenvalue weighted by molar-refractivity contribution is -0.145. The fourth-order valence-electron chi connectivity index (χ4n) is 2.56. The van der Waals surface area contributed by atoms with Crippen LogP contribution in [-0.2, 0) is 35.0 Å². The van der Waals surface area contributed by atoms with Crippen LogP contribution in [0, 0.1) is 0 Å². The van der Waals surface area contributed by atoms with E-state index in [4.69, 9.17) is 29.3 Å². The first-order valence-corrected chi connectivity index (χ1v) is 11.7. The van der Waals surface area contributed by atoms with Crippen molar-refractivity contribution in [1.82, 2.24) is 30.1 Å². The first-order chi connectivity index (χ1) is 15.9. The molecule has 184 valence electrons. The van der Waals surface area contributed by atoms with Crippen molar-refractivity contribution in [2.45, 2.75) is 33.4 Å². The largest absolute Gasteiger partial charge is 0.479 e. The number of esters is 2. The predicted molar refractivity (Wildman–Crippen MR) is 119 cm³/mol. The molecule has 2 aromatic heterocycles. The number of hydrogen-bond acceptors (Lipinski definition) is 13. The molecule has 14 nitrogen and oxygen atoms in total. The van der Waals surface area contributed by atoms with Gasteiger partial charge in [-0.15, -0.1) is 0 Å².